The molecule has 0 aliphatic heterocycles. The third-order valence-electron chi connectivity index (χ3n) is 4.12. The number of rotatable bonds is 6. The summed E-state index contributed by atoms with van der Waals surface area (Å²) in [5.41, 5.74) is 3.81. The maximum absolute atomic E-state index is 4.40. The third kappa shape index (κ3) is 2.91. The summed E-state index contributed by atoms with van der Waals surface area (Å²) in [6.07, 6.45) is 7.09. The molecule has 1 saturated carbocycles. The van der Waals surface area contributed by atoms with Crippen molar-refractivity contribution in [2.24, 2.45) is 0 Å². The SMILES string of the molecule is CCCNC(c1ccc(C2CCC2)cc1)c1cnsn1. The Balaban J connectivity index is 1.79. The Kier molecular flexibility index (Phi) is 4.43. The van der Waals surface area contributed by atoms with Gasteiger partial charge in [-0.3, -0.25) is 0 Å². The van der Waals surface area contributed by atoms with Gasteiger partial charge in [-0.1, -0.05) is 37.6 Å². The van der Waals surface area contributed by atoms with Gasteiger partial charge in [0.2, 0.25) is 0 Å². The van der Waals surface area contributed by atoms with Crippen LogP contribution >= 0.6 is 11.7 Å². The van der Waals surface area contributed by atoms with Gasteiger partial charge in [-0.25, -0.2) is 0 Å². The second kappa shape index (κ2) is 6.46. The maximum Gasteiger partial charge on any atom is 0.0957 e. The molecular formula is C16H21N3S. The van der Waals surface area contributed by atoms with Crippen LogP contribution < -0.4 is 5.32 Å². The first kappa shape index (κ1) is 13.7. The summed E-state index contributed by atoms with van der Waals surface area (Å²) >= 11 is 1.28. The van der Waals surface area contributed by atoms with E-state index < -0.39 is 0 Å². The summed E-state index contributed by atoms with van der Waals surface area (Å²) < 4.78 is 8.53. The Morgan fingerprint density at radius 2 is 2.10 bits per heavy atom. The van der Waals surface area contributed by atoms with Gasteiger partial charge in [-0.05, 0) is 42.9 Å². The van der Waals surface area contributed by atoms with Crippen LogP contribution in [-0.2, 0) is 0 Å². The average molecular weight is 287 g/mol. The summed E-state index contributed by atoms with van der Waals surface area (Å²) in [6.45, 7) is 3.18. The van der Waals surface area contributed by atoms with Gasteiger partial charge in [0.25, 0.3) is 0 Å². The normalized spacial score (nSPS) is 16.9. The van der Waals surface area contributed by atoms with Crippen molar-refractivity contribution in [1.82, 2.24) is 14.1 Å². The molecule has 1 aliphatic rings. The molecule has 106 valence electrons. The summed E-state index contributed by atoms with van der Waals surface area (Å²) in [4.78, 5) is 0. The van der Waals surface area contributed by atoms with E-state index in [0.717, 1.165) is 24.6 Å². The molecule has 1 N–H and O–H groups in total. The highest BCUT2D eigenvalue weighted by Gasteiger charge is 2.20. The molecule has 0 spiro atoms. The smallest absolute Gasteiger partial charge is 0.0957 e. The highest BCUT2D eigenvalue weighted by atomic mass is 32.1. The largest absolute Gasteiger partial charge is 0.305 e. The van der Waals surface area contributed by atoms with Gasteiger partial charge in [0.1, 0.15) is 0 Å². The quantitative estimate of drug-likeness (QED) is 0.875. The molecule has 20 heavy (non-hydrogen) atoms. The van der Waals surface area contributed by atoms with E-state index in [-0.39, 0.29) is 6.04 Å². The number of hydrogen-bond donors (Lipinski definition) is 1. The van der Waals surface area contributed by atoms with Crippen molar-refractivity contribution < 1.29 is 0 Å². The molecule has 0 amide bonds. The lowest BCUT2D eigenvalue weighted by Gasteiger charge is -2.26. The lowest BCUT2D eigenvalue weighted by Crippen LogP contribution is -2.23. The van der Waals surface area contributed by atoms with Crippen molar-refractivity contribution in [3.8, 4) is 0 Å². The molecule has 1 aromatic heterocycles. The van der Waals surface area contributed by atoms with Crippen LogP contribution in [0.1, 0.15) is 61.4 Å². The van der Waals surface area contributed by atoms with Crippen LogP contribution in [-0.4, -0.2) is 15.3 Å². The number of nitrogens with zero attached hydrogens (tertiary/aromatic N) is 2. The topological polar surface area (TPSA) is 37.8 Å². The number of hydrogen-bond acceptors (Lipinski definition) is 4. The van der Waals surface area contributed by atoms with Crippen molar-refractivity contribution in [1.29, 1.82) is 0 Å². The molecule has 0 radical (unpaired) electrons. The highest BCUT2D eigenvalue weighted by Crippen LogP contribution is 2.36. The molecule has 1 aliphatic carbocycles. The molecule has 0 bridgehead atoms. The van der Waals surface area contributed by atoms with Crippen LogP contribution in [0.3, 0.4) is 0 Å². The van der Waals surface area contributed by atoms with Crippen LogP contribution in [0.5, 0.6) is 0 Å². The standard InChI is InChI=1S/C16H21N3S/c1-2-10-17-16(15-11-18-20-19-15)14-8-6-13(7-9-14)12-4-3-5-12/h6-9,11-12,16-17H,2-5,10H2,1H3. The summed E-state index contributed by atoms with van der Waals surface area (Å²) in [7, 11) is 0. The monoisotopic (exact) mass is 287 g/mol. The molecule has 3 rings (SSSR count). The van der Waals surface area contributed by atoms with Gasteiger partial charge in [0.05, 0.1) is 29.7 Å². The minimum absolute atomic E-state index is 0.171. The highest BCUT2D eigenvalue weighted by molar-refractivity contribution is 6.99. The second-order valence-corrected chi connectivity index (χ2v) is 6.07. The van der Waals surface area contributed by atoms with Crippen molar-refractivity contribution >= 4 is 11.7 Å². The Labute approximate surface area is 124 Å². The molecule has 3 nitrogen and oxygen atoms in total. The molecular weight excluding hydrogens is 266 g/mol. The van der Waals surface area contributed by atoms with Crippen LogP contribution in [0, 0.1) is 0 Å². The van der Waals surface area contributed by atoms with Crippen molar-refractivity contribution in [2.75, 3.05) is 6.54 Å². The van der Waals surface area contributed by atoms with E-state index >= 15 is 0 Å². The van der Waals surface area contributed by atoms with E-state index in [1.54, 1.807) is 0 Å². The maximum atomic E-state index is 4.40. The zero-order valence-corrected chi connectivity index (χ0v) is 12.7. The molecule has 1 heterocycles. The second-order valence-electron chi connectivity index (χ2n) is 5.51. The van der Waals surface area contributed by atoms with Gasteiger partial charge in [0.15, 0.2) is 0 Å². The van der Waals surface area contributed by atoms with Gasteiger partial charge in [-0.2, -0.15) is 8.75 Å². The van der Waals surface area contributed by atoms with E-state index in [0.29, 0.717) is 0 Å². The van der Waals surface area contributed by atoms with E-state index in [9.17, 15) is 0 Å². The Bertz CT molecular complexity index is 517. The lowest BCUT2D eigenvalue weighted by molar-refractivity contribution is 0.419. The third-order valence-corrected chi connectivity index (χ3v) is 4.61. The van der Waals surface area contributed by atoms with Crippen molar-refractivity contribution in [3.05, 3.63) is 47.3 Å². The summed E-state index contributed by atoms with van der Waals surface area (Å²) in [5.74, 6) is 0.798. The predicted molar refractivity (Wildman–Crippen MR) is 83.1 cm³/mol. The molecule has 1 atom stereocenters. The van der Waals surface area contributed by atoms with Gasteiger partial charge in [-0.15, -0.1) is 0 Å². The first-order valence-corrected chi connectivity index (χ1v) is 8.22. The molecule has 1 fully saturated rings. The fraction of sp³-hybridized carbons (Fsp3) is 0.500. The van der Waals surface area contributed by atoms with Gasteiger partial charge in [0, 0.05) is 0 Å². The van der Waals surface area contributed by atoms with E-state index in [2.05, 4.69) is 45.3 Å². The van der Waals surface area contributed by atoms with Crippen molar-refractivity contribution in [2.45, 2.75) is 44.6 Å². The molecule has 0 saturated heterocycles. The first-order valence-electron chi connectivity index (χ1n) is 7.49. The minimum atomic E-state index is 0.171. The molecule has 4 heteroatoms. The number of benzene rings is 1. The van der Waals surface area contributed by atoms with Gasteiger partial charge < -0.3 is 5.32 Å². The fourth-order valence-electron chi connectivity index (χ4n) is 2.68. The van der Waals surface area contributed by atoms with Crippen LogP contribution in [0.2, 0.25) is 0 Å². The summed E-state index contributed by atoms with van der Waals surface area (Å²) in [6, 6.07) is 9.25. The van der Waals surface area contributed by atoms with Crippen LogP contribution in [0.4, 0.5) is 0 Å². The Morgan fingerprint density at radius 1 is 1.30 bits per heavy atom. The predicted octanol–water partition coefficient (Wildman–Crippen LogP) is 3.89. The number of nitrogens with one attached hydrogen (secondary N) is 1. The Morgan fingerprint density at radius 3 is 2.65 bits per heavy atom. The van der Waals surface area contributed by atoms with Crippen LogP contribution in [0.25, 0.3) is 0 Å². The molecule has 1 unspecified atom stereocenters. The molecule has 1 aromatic carbocycles. The van der Waals surface area contributed by atoms with E-state index in [4.69, 9.17) is 0 Å². The summed E-state index contributed by atoms with van der Waals surface area (Å²) in [5, 5.41) is 3.57. The zero-order chi connectivity index (χ0) is 13.8. The molecule has 2 aromatic rings. The first-order chi connectivity index (χ1) is 9.88. The zero-order valence-electron chi connectivity index (χ0n) is 11.9. The fourth-order valence-corrected chi connectivity index (χ4v) is 3.13. The minimum Gasteiger partial charge on any atom is -0.305 e. The van der Waals surface area contributed by atoms with Gasteiger partial charge >= 0.3 is 0 Å². The van der Waals surface area contributed by atoms with E-state index in [1.165, 1.54) is 42.1 Å². The van der Waals surface area contributed by atoms with E-state index in [1.807, 2.05) is 6.20 Å². The number of aromatic nitrogens is 2. The van der Waals surface area contributed by atoms with Crippen molar-refractivity contribution in [3.63, 3.8) is 0 Å². The lowest BCUT2D eigenvalue weighted by atomic mass is 9.80. The Hall–Kier alpha value is -1.26. The van der Waals surface area contributed by atoms with Crippen LogP contribution in [0.15, 0.2) is 30.5 Å². The average Bonchev–Trinajstić information content (AvgIpc) is 2.93.